The first-order chi connectivity index (χ1) is 13.5. The van der Waals surface area contributed by atoms with E-state index >= 15 is 0 Å². The van der Waals surface area contributed by atoms with Gasteiger partial charge in [-0.05, 0) is 56.8 Å². The highest BCUT2D eigenvalue weighted by atomic mass is 16.6. The van der Waals surface area contributed by atoms with Crippen molar-refractivity contribution in [3.63, 3.8) is 0 Å². The number of oxime groups is 1. The fraction of sp³-hybridized carbons (Fsp3) is 0.773. The lowest BCUT2D eigenvalue weighted by molar-refractivity contribution is -0.131. The Labute approximate surface area is 169 Å². The molecule has 1 saturated heterocycles. The Morgan fingerprint density at radius 2 is 2.04 bits per heavy atom. The highest BCUT2D eigenvalue weighted by molar-refractivity contribution is 6.07. The van der Waals surface area contributed by atoms with Crippen LogP contribution in [0.25, 0.3) is 0 Å². The van der Waals surface area contributed by atoms with Crippen molar-refractivity contribution >= 4 is 17.6 Å². The highest BCUT2D eigenvalue weighted by Gasteiger charge is 2.49. The van der Waals surface area contributed by atoms with Crippen LogP contribution < -0.4 is 5.32 Å². The molecule has 0 radical (unpaired) electrons. The Balaban J connectivity index is 1.66. The molecule has 2 saturated carbocycles. The summed E-state index contributed by atoms with van der Waals surface area (Å²) in [5, 5.41) is 15.7. The lowest BCUT2D eigenvalue weighted by atomic mass is 9.74. The van der Waals surface area contributed by atoms with Crippen LogP contribution in [0.2, 0.25) is 0 Å². The number of carbonyl (C=O) groups excluding carboxylic acids is 1. The quantitative estimate of drug-likeness (QED) is 0.371. The van der Waals surface area contributed by atoms with Gasteiger partial charge in [0.25, 0.3) is 5.91 Å². The first-order valence-electron chi connectivity index (χ1n) is 11.0. The van der Waals surface area contributed by atoms with E-state index in [1.165, 1.54) is 37.0 Å². The van der Waals surface area contributed by atoms with Gasteiger partial charge in [0.15, 0.2) is 5.96 Å². The molecule has 1 heterocycles. The van der Waals surface area contributed by atoms with Gasteiger partial charge < -0.3 is 10.2 Å². The molecule has 0 aromatic heterocycles. The normalized spacial score (nSPS) is 30.5. The van der Waals surface area contributed by atoms with Gasteiger partial charge in [-0.3, -0.25) is 15.1 Å². The fourth-order valence-corrected chi connectivity index (χ4v) is 5.19. The van der Waals surface area contributed by atoms with Crippen molar-refractivity contribution in [2.24, 2.45) is 17.0 Å². The van der Waals surface area contributed by atoms with E-state index in [2.05, 4.69) is 17.1 Å². The molecule has 3 rings (SSSR count). The Bertz CT molecular complexity index is 612. The maximum absolute atomic E-state index is 13.1. The zero-order valence-electron chi connectivity index (χ0n) is 17.3. The minimum Gasteiger partial charge on any atom is -0.392 e. The van der Waals surface area contributed by atoms with E-state index in [1.807, 2.05) is 0 Å². The molecule has 1 aliphatic heterocycles. The zero-order chi connectivity index (χ0) is 20.0. The third-order valence-corrected chi connectivity index (χ3v) is 6.74. The average Bonchev–Trinajstić information content (AvgIpc) is 2.92. The number of hydrogen-bond acceptors (Lipinski definition) is 4. The number of likely N-dealkylation sites (N-methyl/N-ethyl adjacent to an activating group) is 1. The SMILES string of the molecule is C=CCON=C1CCC[C@@H](C[C@@]2(CCC3CCCCC3)NC(=N)N(C)C2=O)C1. The lowest BCUT2D eigenvalue weighted by Gasteiger charge is -2.34. The third kappa shape index (κ3) is 4.95. The predicted molar refractivity (Wildman–Crippen MR) is 112 cm³/mol. The maximum atomic E-state index is 13.1. The predicted octanol–water partition coefficient (Wildman–Crippen LogP) is 4.22. The van der Waals surface area contributed by atoms with E-state index in [0.29, 0.717) is 12.5 Å². The summed E-state index contributed by atoms with van der Waals surface area (Å²) in [5.41, 5.74) is 0.479. The molecule has 2 N–H and O–H groups in total. The summed E-state index contributed by atoms with van der Waals surface area (Å²) in [6, 6.07) is 0. The second kappa shape index (κ2) is 9.57. The monoisotopic (exact) mass is 388 g/mol. The standard InChI is InChI=1S/C22H36N4O2/c1-3-14-28-25-19-11-7-10-18(15-19)16-22(20(27)26(2)21(23)24-22)13-12-17-8-5-4-6-9-17/h3,17-18H,1,4-16H2,2H3,(H2,23,24)/t18-,22-/m1/s1. The van der Waals surface area contributed by atoms with Crippen molar-refractivity contribution in [1.29, 1.82) is 5.41 Å². The van der Waals surface area contributed by atoms with Gasteiger partial charge in [-0.1, -0.05) is 49.9 Å². The van der Waals surface area contributed by atoms with E-state index in [4.69, 9.17) is 10.2 Å². The minimum atomic E-state index is -0.613. The van der Waals surface area contributed by atoms with Gasteiger partial charge in [0.1, 0.15) is 12.1 Å². The van der Waals surface area contributed by atoms with Gasteiger partial charge >= 0.3 is 0 Å². The van der Waals surface area contributed by atoms with Gasteiger partial charge in [-0.15, -0.1) is 0 Å². The molecule has 3 fully saturated rings. The first-order valence-corrected chi connectivity index (χ1v) is 11.0. The average molecular weight is 389 g/mol. The maximum Gasteiger partial charge on any atom is 0.254 e. The molecule has 0 spiro atoms. The first kappa shape index (κ1) is 20.9. The fourth-order valence-electron chi connectivity index (χ4n) is 5.19. The number of nitrogens with one attached hydrogen (secondary N) is 2. The lowest BCUT2D eigenvalue weighted by Crippen LogP contribution is -2.49. The molecule has 2 atom stereocenters. The van der Waals surface area contributed by atoms with Crippen LogP contribution in [0.5, 0.6) is 0 Å². The van der Waals surface area contributed by atoms with E-state index in [1.54, 1.807) is 13.1 Å². The van der Waals surface area contributed by atoms with Crippen molar-refractivity contribution in [3.05, 3.63) is 12.7 Å². The topological polar surface area (TPSA) is 77.8 Å². The molecule has 0 aromatic rings. The van der Waals surface area contributed by atoms with Crippen LogP contribution in [-0.2, 0) is 9.63 Å². The van der Waals surface area contributed by atoms with Crippen LogP contribution in [0.15, 0.2) is 17.8 Å². The van der Waals surface area contributed by atoms with Gasteiger partial charge in [-0.25, -0.2) is 0 Å². The van der Waals surface area contributed by atoms with Crippen LogP contribution in [-0.4, -0.2) is 41.7 Å². The summed E-state index contributed by atoms with van der Waals surface area (Å²) in [5.74, 6) is 1.45. The summed E-state index contributed by atoms with van der Waals surface area (Å²) in [4.78, 5) is 19.9. The third-order valence-electron chi connectivity index (χ3n) is 6.74. The number of amides is 1. The Hall–Kier alpha value is -1.85. The minimum absolute atomic E-state index is 0.0697. The number of guanidine groups is 1. The van der Waals surface area contributed by atoms with Crippen molar-refractivity contribution < 1.29 is 9.63 Å². The molecule has 0 unspecified atom stereocenters. The molecular formula is C22H36N4O2. The zero-order valence-corrected chi connectivity index (χ0v) is 17.3. The Kier molecular flexibility index (Phi) is 7.13. The van der Waals surface area contributed by atoms with E-state index in [9.17, 15) is 4.79 Å². The summed E-state index contributed by atoms with van der Waals surface area (Å²) in [7, 11) is 1.72. The molecule has 6 heteroatoms. The molecule has 1 amide bonds. The summed E-state index contributed by atoms with van der Waals surface area (Å²) in [6.45, 7) is 4.08. The van der Waals surface area contributed by atoms with Gasteiger partial charge in [0, 0.05) is 7.05 Å². The largest absolute Gasteiger partial charge is 0.392 e. The molecular weight excluding hydrogens is 352 g/mol. The van der Waals surface area contributed by atoms with Crippen molar-refractivity contribution in [2.45, 2.75) is 82.6 Å². The van der Waals surface area contributed by atoms with Gasteiger partial charge in [-0.2, -0.15) is 0 Å². The van der Waals surface area contributed by atoms with Gasteiger partial charge in [0.05, 0.1) is 5.71 Å². The summed E-state index contributed by atoms with van der Waals surface area (Å²) in [6.07, 6.45) is 15.0. The van der Waals surface area contributed by atoms with E-state index < -0.39 is 5.54 Å². The number of rotatable bonds is 8. The molecule has 156 valence electrons. The van der Waals surface area contributed by atoms with Crippen LogP contribution in [0, 0.1) is 17.2 Å². The summed E-state index contributed by atoms with van der Waals surface area (Å²) < 4.78 is 0. The van der Waals surface area contributed by atoms with Crippen molar-refractivity contribution in [3.8, 4) is 0 Å². The molecule has 3 aliphatic rings. The van der Waals surface area contributed by atoms with Crippen LogP contribution >= 0.6 is 0 Å². The van der Waals surface area contributed by atoms with Gasteiger partial charge in [0.2, 0.25) is 0 Å². The van der Waals surface area contributed by atoms with Crippen molar-refractivity contribution in [2.75, 3.05) is 13.7 Å². The molecule has 6 nitrogen and oxygen atoms in total. The van der Waals surface area contributed by atoms with E-state index in [0.717, 1.165) is 56.6 Å². The van der Waals surface area contributed by atoms with Crippen LogP contribution in [0.3, 0.4) is 0 Å². The Morgan fingerprint density at radius 1 is 1.29 bits per heavy atom. The van der Waals surface area contributed by atoms with Crippen molar-refractivity contribution in [1.82, 2.24) is 10.2 Å². The second-order valence-electron chi connectivity index (χ2n) is 8.87. The van der Waals surface area contributed by atoms with E-state index in [-0.39, 0.29) is 11.9 Å². The molecule has 2 aliphatic carbocycles. The highest BCUT2D eigenvalue weighted by Crippen LogP contribution is 2.37. The van der Waals surface area contributed by atoms with Crippen LogP contribution in [0.1, 0.15) is 77.0 Å². The number of carbonyl (C=O) groups is 1. The second-order valence-corrected chi connectivity index (χ2v) is 8.87. The molecule has 0 bridgehead atoms. The van der Waals surface area contributed by atoms with Crippen LogP contribution in [0.4, 0.5) is 0 Å². The smallest absolute Gasteiger partial charge is 0.254 e. The summed E-state index contributed by atoms with van der Waals surface area (Å²) >= 11 is 0. The number of hydrogen-bond donors (Lipinski definition) is 2. The molecule has 0 aromatic carbocycles. The number of nitrogens with zero attached hydrogens (tertiary/aromatic N) is 2. The molecule has 28 heavy (non-hydrogen) atoms. The Morgan fingerprint density at radius 3 is 2.71 bits per heavy atom.